The topological polar surface area (TPSA) is 93.2 Å². The molecular formula is C12H22N4O3. The molecule has 19 heavy (non-hydrogen) atoms. The Bertz CT molecular complexity index is 454. The molecule has 1 aromatic heterocycles. The summed E-state index contributed by atoms with van der Waals surface area (Å²) in [6.07, 6.45) is 1.48. The van der Waals surface area contributed by atoms with E-state index < -0.39 is 10.5 Å². The van der Waals surface area contributed by atoms with Gasteiger partial charge in [-0.05, 0) is 27.2 Å². The predicted octanol–water partition coefficient (Wildman–Crippen LogP) is 2.08. The van der Waals surface area contributed by atoms with Crippen LogP contribution in [0.5, 0.6) is 0 Å². The van der Waals surface area contributed by atoms with Crippen LogP contribution >= 0.6 is 0 Å². The van der Waals surface area contributed by atoms with Gasteiger partial charge in [-0.25, -0.2) is 4.68 Å². The van der Waals surface area contributed by atoms with Crippen LogP contribution in [-0.4, -0.2) is 32.0 Å². The third-order valence-electron chi connectivity index (χ3n) is 3.00. The molecule has 0 spiro atoms. The first-order chi connectivity index (χ1) is 8.82. The van der Waals surface area contributed by atoms with E-state index in [2.05, 4.69) is 10.4 Å². The first-order valence-electron chi connectivity index (χ1n) is 6.50. The number of anilines is 1. The second-order valence-electron chi connectivity index (χ2n) is 4.96. The molecule has 0 amide bonds. The summed E-state index contributed by atoms with van der Waals surface area (Å²) in [7, 11) is 0. The maximum absolute atomic E-state index is 11.1. The van der Waals surface area contributed by atoms with Crippen molar-refractivity contribution in [2.75, 3.05) is 11.9 Å². The monoisotopic (exact) mass is 270 g/mol. The van der Waals surface area contributed by atoms with Crippen molar-refractivity contribution < 1.29 is 10.0 Å². The van der Waals surface area contributed by atoms with Crippen molar-refractivity contribution in [1.82, 2.24) is 9.78 Å². The molecular weight excluding hydrogens is 248 g/mol. The molecule has 1 rings (SSSR count). The average molecular weight is 270 g/mol. The molecule has 0 bridgehead atoms. The van der Waals surface area contributed by atoms with Gasteiger partial charge < -0.3 is 10.4 Å². The van der Waals surface area contributed by atoms with Crippen LogP contribution in [-0.2, 0) is 6.54 Å². The molecule has 108 valence electrons. The molecule has 7 nitrogen and oxygen atoms in total. The third-order valence-corrected chi connectivity index (χ3v) is 3.00. The van der Waals surface area contributed by atoms with Crippen LogP contribution in [0.15, 0.2) is 0 Å². The Hall–Kier alpha value is -1.63. The Morgan fingerprint density at radius 2 is 2.16 bits per heavy atom. The molecule has 0 saturated carbocycles. The summed E-state index contributed by atoms with van der Waals surface area (Å²) < 4.78 is 1.55. The van der Waals surface area contributed by atoms with Gasteiger partial charge in [-0.1, -0.05) is 13.3 Å². The van der Waals surface area contributed by atoms with Gasteiger partial charge in [-0.2, -0.15) is 5.10 Å². The molecule has 0 aliphatic rings. The van der Waals surface area contributed by atoms with E-state index in [-0.39, 0.29) is 12.2 Å². The van der Waals surface area contributed by atoms with Crippen molar-refractivity contribution in [1.29, 1.82) is 0 Å². The van der Waals surface area contributed by atoms with E-state index in [1.54, 1.807) is 18.5 Å². The van der Waals surface area contributed by atoms with Crippen LogP contribution in [0, 0.1) is 17.0 Å². The van der Waals surface area contributed by atoms with Crippen LogP contribution in [0.25, 0.3) is 0 Å². The van der Waals surface area contributed by atoms with Crippen LogP contribution < -0.4 is 5.32 Å². The van der Waals surface area contributed by atoms with E-state index in [1.807, 2.05) is 13.8 Å². The van der Waals surface area contributed by atoms with Gasteiger partial charge in [-0.15, -0.1) is 0 Å². The van der Waals surface area contributed by atoms with Gasteiger partial charge in [0.25, 0.3) is 0 Å². The molecule has 0 aliphatic carbocycles. The number of hydrogen-bond donors (Lipinski definition) is 2. The lowest BCUT2D eigenvalue weighted by Crippen LogP contribution is -2.33. The molecule has 0 aliphatic heterocycles. The molecule has 1 heterocycles. The first-order valence-corrected chi connectivity index (χ1v) is 6.50. The summed E-state index contributed by atoms with van der Waals surface area (Å²) in [5.41, 5.74) is -0.530. The van der Waals surface area contributed by atoms with Crippen LogP contribution in [0.3, 0.4) is 0 Å². The molecule has 1 atom stereocenters. The van der Waals surface area contributed by atoms with Crippen molar-refractivity contribution in [3.05, 3.63) is 15.8 Å². The summed E-state index contributed by atoms with van der Waals surface area (Å²) in [6.45, 7) is 7.97. The van der Waals surface area contributed by atoms with Gasteiger partial charge in [-0.3, -0.25) is 10.1 Å². The summed E-state index contributed by atoms with van der Waals surface area (Å²) in [5.74, 6) is 0.362. The highest BCUT2D eigenvalue weighted by molar-refractivity contribution is 5.59. The van der Waals surface area contributed by atoms with Gasteiger partial charge in [0.15, 0.2) is 0 Å². The molecule has 0 aromatic carbocycles. The largest absolute Gasteiger partial charge is 0.388 e. The number of nitro groups is 1. The lowest BCUT2D eigenvalue weighted by Gasteiger charge is -2.23. The minimum atomic E-state index is -0.890. The molecule has 1 aromatic rings. The molecule has 2 N–H and O–H groups in total. The summed E-state index contributed by atoms with van der Waals surface area (Å²) in [6, 6.07) is 0. The Morgan fingerprint density at radius 3 is 2.63 bits per heavy atom. The Kier molecular flexibility index (Phi) is 4.88. The fourth-order valence-electron chi connectivity index (χ4n) is 2.10. The number of hydrogen-bond acceptors (Lipinski definition) is 5. The van der Waals surface area contributed by atoms with Crippen molar-refractivity contribution >= 4 is 11.5 Å². The maximum Gasteiger partial charge on any atom is 0.333 e. The fourth-order valence-corrected chi connectivity index (χ4v) is 2.10. The molecule has 7 heteroatoms. The smallest absolute Gasteiger partial charge is 0.333 e. The first kappa shape index (κ1) is 15.4. The van der Waals surface area contributed by atoms with Crippen molar-refractivity contribution in [2.24, 2.45) is 0 Å². The molecule has 0 saturated heterocycles. The zero-order valence-electron chi connectivity index (χ0n) is 11.9. The normalized spacial score (nSPS) is 14.2. The maximum atomic E-state index is 11.1. The van der Waals surface area contributed by atoms with E-state index in [0.717, 1.165) is 6.42 Å². The lowest BCUT2D eigenvalue weighted by molar-refractivity contribution is -0.384. The highest BCUT2D eigenvalue weighted by atomic mass is 16.6. The minimum Gasteiger partial charge on any atom is -0.388 e. The summed E-state index contributed by atoms with van der Waals surface area (Å²) in [5, 5.41) is 28.3. The van der Waals surface area contributed by atoms with Gasteiger partial charge in [0.05, 0.1) is 10.5 Å². The highest BCUT2D eigenvalue weighted by Crippen LogP contribution is 2.28. The van der Waals surface area contributed by atoms with Crippen molar-refractivity contribution in [2.45, 2.75) is 52.7 Å². The number of aliphatic hydroxyl groups is 1. The van der Waals surface area contributed by atoms with Gasteiger partial charge >= 0.3 is 5.69 Å². The average Bonchev–Trinajstić information content (AvgIpc) is 2.62. The van der Waals surface area contributed by atoms with Crippen LogP contribution in [0.1, 0.15) is 39.3 Å². The third kappa shape index (κ3) is 3.66. The highest BCUT2D eigenvalue weighted by Gasteiger charge is 2.27. The van der Waals surface area contributed by atoms with E-state index >= 15 is 0 Å². The zero-order valence-corrected chi connectivity index (χ0v) is 11.9. The standard InChI is InChI=1S/C12H22N4O3/c1-5-7-12(4,17)8-13-11-10(16(18)19)9(3)14-15(11)6-2/h13,17H,5-8H2,1-4H3. The zero-order chi connectivity index (χ0) is 14.6. The summed E-state index contributed by atoms with van der Waals surface area (Å²) >= 11 is 0. The Labute approximate surface area is 112 Å². The van der Waals surface area contributed by atoms with E-state index in [4.69, 9.17) is 0 Å². The van der Waals surface area contributed by atoms with Crippen LogP contribution in [0.2, 0.25) is 0 Å². The number of nitrogens with zero attached hydrogens (tertiary/aromatic N) is 3. The quantitative estimate of drug-likeness (QED) is 0.584. The van der Waals surface area contributed by atoms with Gasteiger partial charge in [0.2, 0.25) is 5.82 Å². The Balaban J connectivity index is 2.96. The second kappa shape index (κ2) is 6.01. The molecule has 1 unspecified atom stereocenters. The minimum absolute atomic E-state index is 0.0193. The number of rotatable bonds is 7. The van der Waals surface area contributed by atoms with Gasteiger partial charge in [0.1, 0.15) is 5.69 Å². The van der Waals surface area contributed by atoms with Crippen LogP contribution in [0.4, 0.5) is 11.5 Å². The molecule has 0 radical (unpaired) electrons. The number of aryl methyl sites for hydroxylation is 2. The van der Waals surface area contributed by atoms with E-state index in [0.29, 0.717) is 24.5 Å². The predicted molar refractivity (Wildman–Crippen MR) is 73.3 cm³/mol. The van der Waals surface area contributed by atoms with E-state index in [1.165, 1.54) is 0 Å². The fraction of sp³-hybridized carbons (Fsp3) is 0.750. The van der Waals surface area contributed by atoms with E-state index in [9.17, 15) is 15.2 Å². The van der Waals surface area contributed by atoms with Crippen molar-refractivity contribution in [3.63, 3.8) is 0 Å². The number of nitrogens with one attached hydrogen (secondary N) is 1. The van der Waals surface area contributed by atoms with Gasteiger partial charge in [0, 0.05) is 13.1 Å². The molecule has 0 fully saturated rings. The van der Waals surface area contributed by atoms with Crippen molar-refractivity contribution in [3.8, 4) is 0 Å². The lowest BCUT2D eigenvalue weighted by atomic mass is 10.0. The summed E-state index contributed by atoms with van der Waals surface area (Å²) in [4.78, 5) is 10.6. The number of aromatic nitrogens is 2. The second-order valence-corrected chi connectivity index (χ2v) is 4.96. The SMILES string of the molecule is CCCC(C)(O)CNc1c([N+](=O)[O-])c(C)nn1CC. The Morgan fingerprint density at radius 1 is 1.53 bits per heavy atom.